The second-order valence-corrected chi connectivity index (χ2v) is 6.84. The number of likely N-dealkylation sites (N-methyl/N-ethyl adjacent to an activating group) is 1. The summed E-state index contributed by atoms with van der Waals surface area (Å²) in [7, 11) is 1.66. The maximum absolute atomic E-state index is 12.8. The van der Waals surface area contributed by atoms with Gasteiger partial charge >= 0.3 is 0 Å². The highest BCUT2D eigenvalue weighted by molar-refractivity contribution is 6.34. The normalized spacial score (nSPS) is 23.4. The van der Waals surface area contributed by atoms with Crippen molar-refractivity contribution < 1.29 is 14.3 Å². The van der Waals surface area contributed by atoms with Gasteiger partial charge in [0, 0.05) is 26.8 Å². The number of hydrogen-bond acceptors (Lipinski definition) is 4. The maximum atomic E-state index is 12.8. The Bertz CT molecular complexity index is 646. The summed E-state index contributed by atoms with van der Waals surface area (Å²) in [6, 6.07) is 6.73. The second-order valence-electron chi connectivity index (χ2n) is 6.43. The average molecular weight is 352 g/mol. The van der Waals surface area contributed by atoms with Crippen molar-refractivity contribution in [2.75, 3.05) is 31.7 Å². The molecule has 2 aliphatic heterocycles. The molecule has 7 heteroatoms. The van der Waals surface area contributed by atoms with E-state index in [1.165, 1.54) is 4.90 Å². The Hall–Kier alpha value is -1.63. The van der Waals surface area contributed by atoms with Gasteiger partial charge in [-0.1, -0.05) is 23.7 Å². The lowest BCUT2D eigenvalue weighted by atomic mass is 9.89. The summed E-state index contributed by atoms with van der Waals surface area (Å²) in [6.45, 7) is 1.48. The van der Waals surface area contributed by atoms with E-state index < -0.39 is 11.6 Å². The molecule has 0 saturated carbocycles. The largest absolute Gasteiger partial charge is 0.381 e. The van der Waals surface area contributed by atoms with Gasteiger partial charge in [0.1, 0.15) is 6.04 Å². The molecule has 1 aromatic rings. The van der Waals surface area contributed by atoms with Crippen LogP contribution in [0.1, 0.15) is 19.3 Å². The molecular weight excluding hydrogens is 330 g/mol. The minimum Gasteiger partial charge on any atom is -0.381 e. The van der Waals surface area contributed by atoms with Crippen molar-refractivity contribution in [3.63, 3.8) is 0 Å². The van der Waals surface area contributed by atoms with Crippen molar-refractivity contribution in [1.29, 1.82) is 0 Å². The Labute approximate surface area is 146 Å². The number of halogens is 1. The molecule has 1 aromatic carbocycles. The summed E-state index contributed by atoms with van der Waals surface area (Å²) in [5.74, 6) is -0.306. The predicted molar refractivity (Wildman–Crippen MR) is 92.0 cm³/mol. The Morgan fingerprint density at radius 2 is 2.04 bits per heavy atom. The fourth-order valence-electron chi connectivity index (χ4n) is 3.38. The number of benzene rings is 1. The van der Waals surface area contributed by atoms with Gasteiger partial charge in [-0.05, 0) is 31.4 Å². The molecule has 2 aliphatic rings. The molecule has 3 rings (SSSR count). The maximum Gasteiger partial charge on any atom is 0.249 e. The standard InChI is InChI=1S/C17H22ClN3O3/c1-20(16(23)17(19)7-10-24-11-8-17)14-6-9-21(15(14)22)13-5-3-2-4-12(13)18/h2-5,14H,6-11,19H2,1H3. The number of rotatable bonds is 3. The Morgan fingerprint density at radius 1 is 1.38 bits per heavy atom. The first-order valence-corrected chi connectivity index (χ1v) is 8.52. The molecule has 6 nitrogen and oxygen atoms in total. The molecule has 2 amide bonds. The number of para-hydroxylation sites is 1. The molecule has 0 aromatic heterocycles. The van der Waals surface area contributed by atoms with Gasteiger partial charge < -0.3 is 20.3 Å². The van der Waals surface area contributed by atoms with Crippen LogP contribution >= 0.6 is 11.6 Å². The molecule has 1 atom stereocenters. The van der Waals surface area contributed by atoms with Gasteiger partial charge in [0.25, 0.3) is 0 Å². The highest BCUT2D eigenvalue weighted by Crippen LogP contribution is 2.31. The number of nitrogens with two attached hydrogens (primary N) is 1. The van der Waals surface area contributed by atoms with Crippen molar-refractivity contribution in [2.45, 2.75) is 30.8 Å². The average Bonchev–Trinajstić information content (AvgIpc) is 2.96. The van der Waals surface area contributed by atoms with Gasteiger partial charge in [0.05, 0.1) is 16.2 Å². The van der Waals surface area contributed by atoms with E-state index in [1.54, 1.807) is 18.0 Å². The third-order valence-electron chi connectivity index (χ3n) is 4.92. The molecule has 2 heterocycles. The molecule has 0 bridgehead atoms. The van der Waals surface area contributed by atoms with Crippen LogP contribution in [-0.4, -0.2) is 55.1 Å². The molecule has 24 heavy (non-hydrogen) atoms. The van der Waals surface area contributed by atoms with Crippen LogP contribution in [0.5, 0.6) is 0 Å². The zero-order valence-corrected chi connectivity index (χ0v) is 14.5. The van der Waals surface area contributed by atoms with Gasteiger partial charge in [0.2, 0.25) is 11.8 Å². The number of nitrogens with zero attached hydrogens (tertiary/aromatic N) is 2. The number of carbonyl (C=O) groups is 2. The van der Waals surface area contributed by atoms with Crippen LogP contribution in [0.2, 0.25) is 5.02 Å². The number of carbonyl (C=O) groups excluding carboxylic acids is 2. The summed E-state index contributed by atoms with van der Waals surface area (Å²) in [6.07, 6.45) is 1.52. The third-order valence-corrected chi connectivity index (χ3v) is 5.24. The van der Waals surface area contributed by atoms with E-state index in [4.69, 9.17) is 22.1 Å². The molecule has 2 saturated heterocycles. The lowest BCUT2D eigenvalue weighted by molar-refractivity contribution is -0.144. The monoisotopic (exact) mass is 351 g/mol. The number of amides is 2. The zero-order valence-electron chi connectivity index (χ0n) is 13.7. The van der Waals surface area contributed by atoms with E-state index in [-0.39, 0.29) is 11.8 Å². The first kappa shape index (κ1) is 17.2. The van der Waals surface area contributed by atoms with Gasteiger partial charge in [-0.3, -0.25) is 9.59 Å². The van der Waals surface area contributed by atoms with E-state index in [2.05, 4.69) is 0 Å². The van der Waals surface area contributed by atoms with Crippen LogP contribution in [0.15, 0.2) is 24.3 Å². The molecule has 0 radical (unpaired) electrons. The van der Waals surface area contributed by atoms with Gasteiger partial charge in [0.15, 0.2) is 0 Å². The Kier molecular flexibility index (Phi) is 4.80. The van der Waals surface area contributed by atoms with Crippen LogP contribution in [0.25, 0.3) is 0 Å². The lowest BCUT2D eigenvalue weighted by Gasteiger charge is -2.37. The smallest absolute Gasteiger partial charge is 0.249 e. The highest BCUT2D eigenvalue weighted by Gasteiger charge is 2.44. The lowest BCUT2D eigenvalue weighted by Crippen LogP contribution is -2.59. The van der Waals surface area contributed by atoms with Crippen LogP contribution in [-0.2, 0) is 14.3 Å². The molecule has 0 aliphatic carbocycles. The molecule has 2 fully saturated rings. The fourth-order valence-corrected chi connectivity index (χ4v) is 3.61. The van der Waals surface area contributed by atoms with Crippen LogP contribution in [0.3, 0.4) is 0 Å². The first-order chi connectivity index (χ1) is 11.4. The highest BCUT2D eigenvalue weighted by atomic mass is 35.5. The number of hydrogen-bond donors (Lipinski definition) is 1. The topological polar surface area (TPSA) is 75.9 Å². The number of ether oxygens (including phenoxy) is 1. The second kappa shape index (κ2) is 6.70. The van der Waals surface area contributed by atoms with Crippen molar-refractivity contribution >= 4 is 29.1 Å². The summed E-state index contributed by atoms with van der Waals surface area (Å²) < 4.78 is 5.29. The fraction of sp³-hybridized carbons (Fsp3) is 0.529. The zero-order chi connectivity index (χ0) is 17.3. The van der Waals surface area contributed by atoms with Crippen LogP contribution in [0.4, 0.5) is 5.69 Å². The van der Waals surface area contributed by atoms with E-state index in [1.807, 2.05) is 18.2 Å². The van der Waals surface area contributed by atoms with Crippen LogP contribution < -0.4 is 10.6 Å². The van der Waals surface area contributed by atoms with E-state index in [0.717, 1.165) is 0 Å². The Morgan fingerprint density at radius 3 is 2.71 bits per heavy atom. The third kappa shape index (κ3) is 3.01. The molecule has 130 valence electrons. The Balaban J connectivity index is 1.75. The molecular formula is C17H22ClN3O3. The minimum absolute atomic E-state index is 0.116. The van der Waals surface area contributed by atoms with Gasteiger partial charge in [-0.2, -0.15) is 0 Å². The molecule has 0 spiro atoms. The number of anilines is 1. The summed E-state index contributed by atoms with van der Waals surface area (Å²) >= 11 is 6.19. The SMILES string of the molecule is CN(C(=O)C1(N)CCOCC1)C1CCN(c2ccccc2Cl)C1=O. The summed E-state index contributed by atoms with van der Waals surface area (Å²) in [5, 5.41) is 0.528. The quantitative estimate of drug-likeness (QED) is 0.893. The molecule has 1 unspecified atom stereocenters. The summed E-state index contributed by atoms with van der Waals surface area (Å²) in [4.78, 5) is 28.8. The van der Waals surface area contributed by atoms with E-state index >= 15 is 0 Å². The van der Waals surface area contributed by atoms with E-state index in [0.29, 0.717) is 49.7 Å². The summed E-state index contributed by atoms with van der Waals surface area (Å²) in [5.41, 5.74) is 6.01. The predicted octanol–water partition coefficient (Wildman–Crippen LogP) is 1.41. The van der Waals surface area contributed by atoms with Crippen molar-refractivity contribution in [3.05, 3.63) is 29.3 Å². The van der Waals surface area contributed by atoms with Gasteiger partial charge in [-0.15, -0.1) is 0 Å². The van der Waals surface area contributed by atoms with Gasteiger partial charge in [-0.25, -0.2) is 0 Å². The minimum atomic E-state index is -0.939. The van der Waals surface area contributed by atoms with Crippen molar-refractivity contribution in [3.8, 4) is 0 Å². The van der Waals surface area contributed by atoms with Crippen LogP contribution in [0, 0.1) is 0 Å². The first-order valence-electron chi connectivity index (χ1n) is 8.14. The van der Waals surface area contributed by atoms with E-state index in [9.17, 15) is 9.59 Å². The molecule has 2 N–H and O–H groups in total. The van der Waals surface area contributed by atoms with Crippen molar-refractivity contribution in [2.24, 2.45) is 5.73 Å². The van der Waals surface area contributed by atoms with Crippen molar-refractivity contribution in [1.82, 2.24) is 4.90 Å².